The van der Waals surface area contributed by atoms with E-state index < -0.39 is 33.9 Å². The summed E-state index contributed by atoms with van der Waals surface area (Å²) in [7, 11) is -1.93. The SMILES string of the molecule is COC(=O)C1=C(C)N([C@@H]2CCS(=O)(=O)C2)C(=O)N[C@@H]1c1ccccc1Cl. The Balaban J connectivity index is 2.09. The van der Waals surface area contributed by atoms with Crippen molar-refractivity contribution < 1.29 is 22.7 Å². The van der Waals surface area contributed by atoms with Gasteiger partial charge < -0.3 is 10.1 Å². The normalized spacial score (nSPS) is 25.2. The summed E-state index contributed by atoms with van der Waals surface area (Å²) in [5.41, 5.74) is 1.19. The van der Waals surface area contributed by atoms with Crippen LogP contribution in [0.3, 0.4) is 0 Å². The largest absolute Gasteiger partial charge is 0.466 e. The highest BCUT2D eigenvalue weighted by molar-refractivity contribution is 7.91. The highest BCUT2D eigenvalue weighted by Crippen LogP contribution is 2.36. The number of methoxy groups -OCH3 is 1. The number of rotatable bonds is 3. The number of esters is 1. The predicted octanol–water partition coefficient (Wildman–Crippen LogP) is 2.04. The molecule has 0 aliphatic carbocycles. The van der Waals surface area contributed by atoms with E-state index in [1.165, 1.54) is 12.0 Å². The minimum absolute atomic E-state index is 0.0240. The molecule has 2 atom stereocenters. The van der Waals surface area contributed by atoms with Gasteiger partial charge in [-0.3, -0.25) is 4.90 Å². The van der Waals surface area contributed by atoms with Crippen LogP contribution in [0.5, 0.6) is 0 Å². The Morgan fingerprint density at radius 1 is 1.35 bits per heavy atom. The lowest BCUT2D eigenvalue weighted by atomic mass is 9.94. The first-order chi connectivity index (χ1) is 12.2. The second kappa shape index (κ2) is 6.92. The number of allylic oxidation sites excluding steroid dienone is 1. The maximum atomic E-state index is 12.7. The molecule has 0 saturated carbocycles. The Hall–Kier alpha value is -2.06. The van der Waals surface area contributed by atoms with E-state index in [9.17, 15) is 18.0 Å². The molecule has 2 aliphatic rings. The lowest BCUT2D eigenvalue weighted by Gasteiger charge is -2.38. The lowest BCUT2D eigenvalue weighted by molar-refractivity contribution is -0.136. The third-order valence-corrected chi connectivity index (χ3v) is 6.82. The molecule has 0 bridgehead atoms. The molecule has 3 rings (SSSR count). The molecule has 1 N–H and O–H groups in total. The van der Waals surface area contributed by atoms with E-state index in [1.807, 2.05) is 0 Å². The molecule has 7 nitrogen and oxygen atoms in total. The first kappa shape index (κ1) is 18.7. The van der Waals surface area contributed by atoms with E-state index in [0.29, 0.717) is 22.7 Å². The van der Waals surface area contributed by atoms with Gasteiger partial charge in [0.1, 0.15) is 0 Å². The number of benzene rings is 1. The van der Waals surface area contributed by atoms with E-state index in [0.717, 1.165) is 0 Å². The molecule has 1 saturated heterocycles. The molecular formula is C17H19ClN2O5S. The first-order valence-corrected chi connectivity index (χ1v) is 10.3. The Morgan fingerprint density at radius 3 is 2.62 bits per heavy atom. The van der Waals surface area contributed by atoms with Crippen molar-refractivity contribution >= 4 is 33.4 Å². The number of sulfone groups is 1. The lowest BCUT2D eigenvalue weighted by Crippen LogP contribution is -2.52. The molecule has 0 unspecified atom stereocenters. The van der Waals surface area contributed by atoms with Crippen molar-refractivity contribution in [1.82, 2.24) is 10.2 Å². The van der Waals surface area contributed by atoms with Gasteiger partial charge in [0.15, 0.2) is 9.84 Å². The second-order valence-corrected chi connectivity index (χ2v) is 8.96. The van der Waals surface area contributed by atoms with Crippen molar-refractivity contribution in [2.24, 2.45) is 0 Å². The topological polar surface area (TPSA) is 92.8 Å². The molecule has 0 radical (unpaired) electrons. The maximum Gasteiger partial charge on any atom is 0.337 e. The summed E-state index contributed by atoms with van der Waals surface area (Å²) in [6.07, 6.45) is 0.332. The summed E-state index contributed by atoms with van der Waals surface area (Å²) < 4.78 is 28.5. The van der Waals surface area contributed by atoms with Crippen molar-refractivity contribution in [3.05, 3.63) is 46.1 Å². The summed E-state index contributed by atoms with van der Waals surface area (Å²) in [6, 6.07) is 5.17. The van der Waals surface area contributed by atoms with Gasteiger partial charge in [0.05, 0.1) is 36.3 Å². The van der Waals surface area contributed by atoms with Gasteiger partial charge in [-0.05, 0) is 25.0 Å². The quantitative estimate of drug-likeness (QED) is 0.786. The fraction of sp³-hybridized carbons (Fsp3) is 0.412. The van der Waals surface area contributed by atoms with Gasteiger partial charge in [-0.25, -0.2) is 18.0 Å². The standard InChI is InChI=1S/C17H19ClN2O5S/c1-10-14(16(21)25-2)15(12-5-3-4-6-13(12)18)19-17(22)20(10)11-7-8-26(23,24)9-11/h3-6,11,15H,7-9H2,1-2H3,(H,19,22)/t11-,15-/m1/s1. The van der Waals surface area contributed by atoms with E-state index in [4.69, 9.17) is 16.3 Å². The zero-order valence-electron chi connectivity index (χ0n) is 14.4. The van der Waals surface area contributed by atoms with Crippen molar-refractivity contribution in [3.8, 4) is 0 Å². The van der Waals surface area contributed by atoms with Crippen LogP contribution in [0.1, 0.15) is 24.9 Å². The van der Waals surface area contributed by atoms with Crippen LogP contribution in [0.25, 0.3) is 0 Å². The highest BCUT2D eigenvalue weighted by atomic mass is 35.5. The van der Waals surface area contributed by atoms with Crippen LogP contribution in [-0.2, 0) is 19.4 Å². The molecular weight excluding hydrogens is 380 g/mol. The van der Waals surface area contributed by atoms with Gasteiger partial charge in [-0.2, -0.15) is 0 Å². The third-order valence-electron chi connectivity index (χ3n) is 4.72. The summed E-state index contributed by atoms with van der Waals surface area (Å²) >= 11 is 6.25. The number of carbonyl (C=O) groups excluding carboxylic acids is 2. The average Bonchev–Trinajstić information content (AvgIpc) is 2.93. The molecule has 1 aromatic rings. The summed E-state index contributed by atoms with van der Waals surface area (Å²) in [4.78, 5) is 26.5. The summed E-state index contributed by atoms with van der Waals surface area (Å²) in [5.74, 6) is -0.697. The number of hydrogen-bond acceptors (Lipinski definition) is 5. The van der Waals surface area contributed by atoms with Crippen LogP contribution >= 0.6 is 11.6 Å². The van der Waals surface area contributed by atoms with Crippen molar-refractivity contribution in [1.29, 1.82) is 0 Å². The molecule has 26 heavy (non-hydrogen) atoms. The van der Waals surface area contributed by atoms with Crippen LogP contribution in [0.4, 0.5) is 4.79 Å². The fourth-order valence-electron chi connectivity index (χ4n) is 3.49. The Bertz CT molecular complexity index is 896. The van der Waals surface area contributed by atoms with Gasteiger partial charge in [0, 0.05) is 10.7 Å². The Labute approximate surface area is 156 Å². The number of ether oxygens (including phenoxy) is 1. The van der Waals surface area contributed by atoms with Crippen LogP contribution < -0.4 is 5.32 Å². The molecule has 0 spiro atoms. The molecule has 140 valence electrons. The minimum atomic E-state index is -3.19. The number of amides is 2. The zero-order chi connectivity index (χ0) is 19.1. The minimum Gasteiger partial charge on any atom is -0.466 e. The van der Waals surface area contributed by atoms with Crippen molar-refractivity contribution in [2.75, 3.05) is 18.6 Å². The van der Waals surface area contributed by atoms with Gasteiger partial charge >= 0.3 is 12.0 Å². The van der Waals surface area contributed by atoms with Crippen molar-refractivity contribution in [2.45, 2.75) is 25.4 Å². The molecule has 9 heteroatoms. The van der Waals surface area contributed by atoms with E-state index in [-0.39, 0.29) is 17.1 Å². The van der Waals surface area contributed by atoms with E-state index >= 15 is 0 Å². The monoisotopic (exact) mass is 398 g/mol. The number of nitrogens with one attached hydrogen (secondary N) is 1. The van der Waals surface area contributed by atoms with Crippen molar-refractivity contribution in [3.63, 3.8) is 0 Å². The molecule has 0 aromatic heterocycles. The number of urea groups is 1. The van der Waals surface area contributed by atoms with Crippen LogP contribution in [0.2, 0.25) is 5.02 Å². The summed E-state index contributed by atoms with van der Waals surface area (Å²) in [5, 5.41) is 3.18. The predicted molar refractivity (Wildman–Crippen MR) is 96.3 cm³/mol. The highest BCUT2D eigenvalue weighted by Gasteiger charge is 2.42. The average molecular weight is 399 g/mol. The van der Waals surface area contributed by atoms with Gasteiger partial charge in [-0.15, -0.1) is 0 Å². The fourth-order valence-corrected chi connectivity index (χ4v) is 5.44. The molecule has 2 amide bonds. The van der Waals surface area contributed by atoms with Gasteiger partial charge in [0.2, 0.25) is 0 Å². The van der Waals surface area contributed by atoms with Gasteiger partial charge in [0.25, 0.3) is 0 Å². The van der Waals surface area contributed by atoms with Crippen LogP contribution in [-0.4, -0.2) is 50.0 Å². The Morgan fingerprint density at radius 2 is 2.04 bits per heavy atom. The van der Waals surface area contributed by atoms with E-state index in [1.54, 1.807) is 31.2 Å². The van der Waals surface area contributed by atoms with E-state index in [2.05, 4.69) is 5.32 Å². The maximum absolute atomic E-state index is 12.7. The molecule has 2 aliphatic heterocycles. The molecule has 1 aromatic carbocycles. The van der Waals surface area contributed by atoms with Gasteiger partial charge in [-0.1, -0.05) is 29.8 Å². The zero-order valence-corrected chi connectivity index (χ0v) is 15.9. The van der Waals surface area contributed by atoms with Crippen LogP contribution in [0, 0.1) is 0 Å². The second-order valence-electron chi connectivity index (χ2n) is 6.32. The number of hydrogen-bond donors (Lipinski definition) is 1. The number of halogens is 1. The smallest absolute Gasteiger partial charge is 0.337 e. The third kappa shape index (κ3) is 3.31. The summed E-state index contributed by atoms with van der Waals surface area (Å²) in [6.45, 7) is 1.62. The Kier molecular flexibility index (Phi) is 4.98. The number of nitrogens with zero attached hydrogens (tertiary/aromatic N) is 1. The van der Waals surface area contributed by atoms with Crippen LogP contribution in [0.15, 0.2) is 35.5 Å². The molecule has 1 fully saturated rings. The number of carbonyl (C=O) groups is 2. The first-order valence-electron chi connectivity index (χ1n) is 8.09. The molecule has 2 heterocycles.